The van der Waals surface area contributed by atoms with Crippen molar-refractivity contribution in [3.8, 4) is 11.5 Å². The van der Waals surface area contributed by atoms with Gasteiger partial charge in [-0.05, 0) is 42.8 Å². The molecule has 0 spiro atoms. The van der Waals surface area contributed by atoms with Gasteiger partial charge in [-0.15, -0.1) is 0 Å². The zero-order valence-corrected chi connectivity index (χ0v) is 15.5. The molecule has 5 heteroatoms. The highest BCUT2D eigenvalue weighted by Crippen LogP contribution is 2.42. The van der Waals surface area contributed by atoms with Crippen molar-refractivity contribution in [2.75, 3.05) is 6.73 Å². The van der Waals surface area contributed by atoms with Gasteiger partial charge in [0.2, 0.25) is 5.78 Å². The molecule has 0 saturated carbocycles. The highest BCUT2D eigenvalue weighted by Gasteiger charge is 2.33. The van der Waals surface area contributed by atoms with Gasteiger partial charge in [0, 0.05) is 6.54 Å². The third-order valence-corrected chi connectivity index (χ3v) is 4.98. The van der Waals surface area contributed by atoms with E-state index >= 15 is 0 Å². The van der Waals surface area contributed by atoms with Crippen LogP contribution in [0.5, 0.6) is 11.5 Å². The van der Waals surface area contributed by atoms with Crippen LogP contribution in [0.2, 0.25) is 0 Å². The van der Waals surface area contributed by atoms with Crippen molar-refractivity contribution < 1.29 is 18.7 Å². The topological polar surface area (TPSA) is 51.9 Å². The van der Waals surface area contributed by atoms with Gasteiger partial charge < -0.3 is 13.9 Å². The molecule has 0 N–H and O–H groups in total. The van der Waals surface area contributed by atoms with Gasteiger partial charge in [0.25, 0.3) is 0 Å². The summed E-state index contributed by atoms with van der Waals surface area (Å²) in [7, 11) is 0. The number of Topliss-reactive ketones (excluding diaryl/α,β-unsaturated/α-hetero) is 1. The second-order valence-electron chi connectivity index (χ2n) is 7.11. The first-order chi connectivity index (χ1) is 13.7. The number of hydrogen-bond acceptors (Lipinski definition) is 5. The molecule has 0 aliphatic carbocycles. The predicted molar refractivity (Wildman–Crippen MR) is 104 cm³/mol. The highest BCUT2D eigenvalue weighted by atomic mass is 16.5. The number of nitrogens with zero attached hydrogens (tertiary/aromatic N) is 1. The number of allylic oxidation sites excluding steroid dienone is 1. The maximum absolute atomic E-state index is 12.8. The Bertz CT molecular complexity index is 1080. The molecule has 5 nitrogen and oxygen atoms in total. The molecule has 140 valence electrons. The van der Waals surface area contributed by atoms with E-state index in [-0.39, 0.29) is 5.78 Å². The summed E-state index contributed by atoms with van der Waals surface area (Å²) < 4.78 is 17.3. The standard InChI is InChI=1S/C23H19NO4/c1-15-4-2-5-16(10-15)11-21-22(25)18-7-8-20-19(23(18)28-21)13-24(14-27-20)12-17-6-3-9-26-17/h2-11H,12-14H2,1H3/b21-11-. The molecule has 2 aromatic carbocycles. The summed E-state index contributed by atoms with van der Waals surface area (Å²) in [6, 6.07) is 15.4. The number of benzene rings is 2. The Morgan fingerprint density at radius 2 is 2.07 bits per heavy atom. The number of carbonyl (C=O) groups is 1. The van der Waals surface area contributed by atoms with E-state index in [9.17, 15) is 4.79 Å². The summed E-state index contributed by atoms with van der Waals surface area (Å²) in [6.07, 6.45) is 3.46. The van der Waals surface area contributed by atoms with Crippen molar-refractivity contribution >= 4 is 11.9 Å². The zero-order valence-electron chi connectivity index (χ0n) is 15.5. The number of hydrogen-bond donors (Lipinski definition) is 0. The Morgan fingerprint density at radius 3 is 2.89 bits per heavy atom. The summed E-state index contributed by atoms with van der Waals surface area (Å²) >= 11 is 0. The van der Waals surface area contributed by atoms with Gasteiger partial charge in [0.05, 0.1) is 23.9 Å². The van der Waals surface area contributed by atoms with E-state index in [1.54, 1.807) is 18.4 Å². The molecule has 1 aromatic heterocycles. The number of aryl methyl sites for hydroxylation is 1. The van der Waals surface area contributed by atoms with Gasteiger partial charge in [0.1, 0.15) is 24.0 Å². The Balaban J connectivity index is 1.45. The fourth-order valence-corrected chi connectivity index (χ4v) is 3.64. The summed E-state index contributed by atoms with van der Waals surface area (Å²) in [5.74, 6) is 2.49. The fraction of sp³-hybridized carbons (Fsp3) is 0.174. The van der Waals surface area contributed by atoms with Crippen LogP contribution in [0.3, 0.4) is 0 Å². The molecule has 0 atom stereocenters. The Labute approximate surface area is 162 Å². The van der Waals surface area contributed by atoms with Crippen LogP contribution in [0.15, 0.2) is 65.0 Å². The molecular formula is C23H19NO4. The largest absolute Gasteiger partial charge is 0.478 e. The van der Waals surface area contributed by atoms with Crippen molar-refractivity contribution in [1.82, 2.24) is 4.90 Å². The van der Waals surface area contributed by atoms with Gasteiger partial charge in [-0.2, -0.15) is 0 Å². The molecule has 28 heavy (non-hydrogen) atoms. The van der Waals surface area contributed by atoms with Crippen LogP contribution in [0.25, 0.3) is 6.08 Å². The van der Waals surface area contributed by atoms with Crippen LogP contribution < -0.4 is 9.47 Å². The second kappa shape index (κ2) is 6.69. The zero-order chi connectivity index (χ0) is 19.1. The van der Waals surface area contributed by atoms with Gasteiger partial charge in [0.15, 0.2) is 5.76 Å². The lowest BCUT2D eigenvalue weighted by Crippen LogP contribution is -2.31. The van der Waals surface area contributed by atoms with E-state index in [0.717, 1.165) is 28.2 Å². The predicted octanol–water partition coefficient (Wildman–Crippen LogP) is 4.56. The number of furan rings is 1. The van der Waals surface area contributed by atoms with E-state index < -0.39 is 0 Å². The highest BCUT2D eigenvalue weighted by molar-refractivity contribution is 6.15. The van der Waals surface area contributed by atoms with Crippen LogP contribution in [-0.2, 0) is 13.1 Å². The van der Waals surface area contributed by atoms with Crippen LogP contribution in [0, 0.1) is 6.92 Å². The summed E-state index contributed by atoms with van der Waals surface area (Å²) in [5.41, 5.74) is 3.56. The molecular weight excluding hydrogens is 354 g/mol. The maximum atomic E-state index is 12.8. The Hall–Kier alpha value is -3.31. The molecule has 0 amide bonds. The number of rotatable bonds is 3. The number of fused-ring (bicyclic) bond motifs is 3. The lowest BCUT2D eigenvalue weighted by molar-refractivity contribution is 0.0810. The molecule has 0 radical (unpaired) electrons. The minimum atomic E-state index is -0.0949. The summed E-state index contributed by atoms with van der Waals surface area (Å²) in [5, 5.41) is 0. The normalized spacial score (nSPS) is 17.2. The van der Waals surface area contributed by atoms with E-state index in [0.29, 0.717) is 36.9 Å². The van der Waals surface area contributed by atoms with Crippen molar-refractivity contribution in [1.29, 1.82) is 0 Å². The van der Waals surface area contributed by atoms with Gasteiger partial charge in [-0.25, -0.2) is 0 Å². The van der Waals surface area contributed by atoms with Crippen LogP contribution in [0.1, 0.15) is 32.8 Å². The molecule has 2 aliphatic heterocycles. The first kappa shape index (κ1) is 16.8. The average Bonchev–Trinajstić information content (AvgIpc) is 3.31. The lowest BCUT2D eigenvalue weighted by Gasteiger charge is -2.29. The minimum absolute atomic E-state index is 0.0949. The maximum Gasteiger partial charge on any atom is 0.231 e. The summed E-state index contributed by atoms with van der Waals surface area (Å²) in [4.78, 5) is 15.0. The van der Waals surface area contributed by atoms with Crippen LogP contribution in [0.4, 0.5) is 0 Å². The number of carbonyl (C=O) groups excluding carboxylic acids is 1. The van der Waals surface area contributed by atoms with Crippen molar-refractivity contribution in [3.63, 3.8) is 0 Å². The molecule has 0 fully saturated rings. The third kappa shape index (κ3) is 3.00. The molecule has 3 heterocycles. The second-order valence-corrected chi connectivity index (χ2v) is 7.11. The summed E-state index contributed by atoms with van der Waals surface area (Å²) in [6.45, 7) is 3.75. The van der Waals surface area contributed by atoms with Crippen molar-refractivity contribution in [3.05, 3.63) is 88.6 Å². The molecule has 0 unspecified atom stereocenters. The SMILES string of the molecule is Cc1cccc(/C=C2\Oc3c(ccc4c3CN(Cc3ccco3)CO4)C2=O)c1. The molecule has 5 rings (SSSR count). The Morgan fingerprint density at radius 1 is 1.14 bits per heavy atom. The van der Waals surface area contributed by atoms with Gasteiger partial charge in [-0.3, -0.25) is 9.69 Å². The Kier molecular flexibility index (Phi) is 4.02. The van der Waals surface area contributed by atoms with Crippen LogP contribution >= 0.6 is 0 Å². The van der Waals surface area contributed by atoms with Crippen molar-refractivity contribution in [2.45, 2.75) is 20.0 Å². The first-order valence-electron chi connectivity index (χ1n) is 9.22. The number of ether oxygens (including phenoxy) is 2. The van der Waals surface area contributed by atoms with E-state index in [1.165, 1.54) is 0 Å². The molecule has 0 bridgehead atoms. The van der Waals surface area contributed by atoms with Gasteiger partial charge in [-0.1, -0.05) is 29.8 Å². The number of ketones is 1. The monoisotopic (exact) mass is 373 g/mol. The average molecular weight is 373 g/mol. The fourth-order valence-electron chi connectivity index (χ4n) is 3.64. The van der Waals surface area contributed by atoms with Crippen molar-refractivity contribution in [2.24, 2.45) is 0 Å². The molecule has 2 aliphatic rings. The lowest BCUT2D eigenvalue weighted by atomic mass is 10.0. The smallest absolute Gasteiger partial charge is 0.231 e. The molecule has 3 aromatic rings. The van der Waals surface area contributed by atoms with E-state index in [2.05, 4.69) is 4.90 Å². The molecule has 0 saturated heterocycles. The first-order valence-corrected chi connectivity index (χ1v) is 9.22. The van der Waals surface area contributed by atoms with E-state index in [4.69, 9.17) is 13.9 Å². The van der Waals surface area contributed by atoms with Crippen LogP contribution in [-0.4, -0.2) is 17.4 Å². The quantitative estimate of drug-likeness (QED) is 0.630. The minimum Gasteiger partial charge on any atom is -0.478 e. The third-order valence-electron chi connectivity index (χ3n) is 4.98. The van der Waals surface area contributed by atoms with Gasteiger partial charge >= 0.3 is 0 Å². The van der Waals surface area contributed by atoms with E-state index in [1.807, 2.05) is 49.4 Å².